The number of Topliss-reactive ketones (excluding diaryl/α,β-unsaturated/α-hetero) is 4. The van der Waals surface area contributed by atoms with Gasteiger partial charge in [0.2, 0.25) is 0 Å². The molecule has 0 saturated carbocycles. The van der Waals surface area contributed by atoms with E-state index in [2.05, 4.69) is 0 Å². The molecule has 7 nitrogen and oxygen atoms in total. The maximum absolute atomic E-state index is 12.5. The van der Waals surface area contributed by atoms with Crippen molar-refractivity contribution < 1.29 is 33.4 Å². The first-order valence-electron chi connectivity index (χ1n) is 11.5. The van der Waals surface area contributed by atoms with Gasteiger partial charge in [-0.15, -0.1) is 0 Å². The lowest BCUT2D eigenvalue weighted by Gasteiger charge is -2.19. The molecule has 2 aromatic rings. The Morgan fingerprint density at radius 1 is 0.571 bits per heavy atom. The molecule has 7 heteroatoms. The highest BCUT2D eigenvalue weighted by Gasteiger charge is 2.34. The molecular formula is C28H34O7. The fourth-order valence-electron chi connectivity index (χ4n) is 2.99. The second kappa shape index (κ2) is 11.9. The maximum atomic E-state index is 12.5. The number of hydrogen-bond acceptors (Lipinski definition) is 7. The zero-order valence-corrected chi connectivity index (χ0v) is 21.3. The standard InChI is InChI=1S/C28H34O7/c1-19(29)27(3,4)25(31)21-7-11-23(12-8-21)34-17-15-33-16-18-35-24-13-9-22(10-14-24)26(32)28(5,6)20(2)30/h7-14H,15-18H2,1-6H3. The highest BCUT2D eigenvalue weighted by atomic mass is 16.5. The molecule has 0 fully saturated rings. The Labute approximate surface area is 206 Å². The number of ether oxygens (including phenoxy) is 3. The first-order valence-corrected chi connectivity index (χ1v) is 11.5. The van der Waals surface area contributed by atoms with Gasteiger partial charge in [-0.05, 0) is 90.1 Å². The molecule has 2 aromatic carbocycles. The number of rotatable bonds is 14. The predicted molar refractivity (Wildman–Crippen MR) is 132 cm³/mol. The van der Waals surface area contributed by atoms with Crippen molar-refractivity contribution in [2.45, 2.75) is 41.5 Å². The predicted octanol–water partition coefficient (Wildman–Crippen LogP) is 4.76. The molecule has 188 valence electrons. The zero-order valence-electron chi connectivity index (χ0n) is 21.3. The summed E-state index contributed by atoms with van der Waals surface area (Å²) in [6, 6.07) is 13.4. The number of hydrogen-bond donors (Lipinski definition) is 0. The summed E-state index contributed by atoms with van der Waals surface area (Å²) in [6.45, 7) is 10.7. The molecule has 0 unspecified atom stereocenters. The van der Waals surface area contributed by atoms with Crippen LogP contribution in [-0.2, 0) is 14.3 Å². The summed E-state index contributed by atoms with van der Waals surface area (Å²) in [5.41, 5.74) is -1.18. The minimum Gasteiger partial charge on any atom is -0.491 e. The number of carbonyl (C=O) groups excluding carboxylic acids is 4. The van der Waals surface area contributed by atoms with E-state index >= 15 is 0 Å². The average molecular weight is 483 g/mol. The van der Waals surface area contributed by atoms with Crippen LogP contribution in [0.5, 0.6) is 11.5 Å². The summed E-state index contributed by atoms with van der Waals surface area (Å²) in [4.78, 5) is 48.3. The number of benzene rings is 2. The van der Waals surface area contributed by atoms with Gasteiger partial charge in [0.15, 0.2) is 11.6 Å². The normalized spacial score (nSPS) is 11.6. The minimum atomic E-state index is -1.05. The topological polar surface area (TPSA) is 96.0 Å². The molecule has 0 aromatic heterocycles. The van der Waals surface area contributed by atoms with Gasteiger partial charge in [0.05, 0.1) is 24.0 Å². The lowest BCUT2D eigenvalue weighted by Crippen LogP contribution is -2.31. The summed E-state index contributed by atoms with van der Waals surface area (Å²) in [5.74, 6) is 0.408. The zero-order chi connectivity index (χ0) is 26.2. The van der Waals surface area contributed by atoms with Crippen molar-refractivity contribution in [2.24, 2.45) is 10.8 Å². The summed E-state index contributed by atoms with van der Waals surface area (Å²) in [6.07, 6.45) is 0. The molecule has 0 aliphatic carbocycles. The number of carbonyl (C=O) groups is 4. The van der Waals surface area contributed by atoms with Crippen molar-refractivity contribution in [3.63, 3.8) is 0 Å². The van der Waals surface area contributed by atoms with E-state index in [0.29, 0.717) is 49.1 Å². The Bertz CT molecular complexity index is 962. The third kappa shape index (κ3) is 7.33. The highest BCUT2D eigenvalue weighted by Crippen LogP contribution is 2.25. The summed E-state index contributed by atoms with van der Waals surface area (Å²) < 4.78 is 16.7. The average Bonchev–Trinajstić information content (AvgIpc) is 2.83. The molecule has 0 heterocycles. The van der Waals surface area contributed by atoms with Gasteiger partial charge in [0.1, 0.15) is 36.3 Å². The Morgan fingerprint density at radius 2 is 0.886 bits per heavy atom. The van der Waals surface area contributed by atoms with Gasteiger partial charge in [0, 0.05) is 11.1 Å². The molecule has 0 radical (unpaired) electrons. The molecule has 0 N–H and O–H groups in total. The molecule has 35 heavy (non-hydrogen) atoms. The Hall–Kier alpha value is -3.32. The fraction of sp³-hybridized carbons (Fsp3) is 0.429. The van der Waals surface area contributed by atoms with E-state index in [0.717, 1.165) is 0 Å². The van der Waals surface area contributed by atoms with Crippen LogP contribution < -0.4 is 9.47 Å². The minimum absolute atomic E-state index is 0.176. The van der Waals surface area contributed by atoms with Crippen LogP contribution in [0.2, 0.25) is 0 Å². The van der Waals surface area contributed by atoms with Crippen molar-refractivity contribution in [1.82, 2.24) is 0 Å². The fourth-order valence-corrected chi connectivity index (χ4v) is 2.99. The first-order chi connectivity index (χ1) is 16.4. The van der Waals surface area contributed by atoms with Crippen LogP contribution in [0.25, 0.3) is 0 Å². The van der Waals surface area contributed by atoms with Gasteiger partial charge in [-0.1, -0.05) is 0 Å². The quantitative estimate of drug-likeness (QED) is 0.218. The van der Waals surface area contributed by atoms with Crippen molar-refractivity contribution in [3.8, 4) is 11.5 Å². The van der Waals surface area contributed by atoms with Crippen LogP contribution in [0.15, 0.2) is 48.5 Å². The van der Waals surface area contributed by atoms with E-state index in [1.54, 1.807) is 76.2 Å². The van der Waals surface area contributed by atoms with E-state index in [-0.39, 0.29) is 23.1 Å². The number of ketones is 4. The molecule has 0 spiro atoms. The van der Waals surface area contributed by atoms with E-state index in [4.69, 9.17) is 14.2 Å². The maximum Gasteiger partial charge on any atom is 0.175 e. The lowest BCUT2D eigenvalue weighted by atomic mass is 9.81. The van der Waals surface area contributed by atoms with Crippen LogP contribution in [0, 0.1) is 10.8 Å². The summed E-state index contributed by atoms with van der Waals surface area (Å²) >= 11 is 0. The van der Waals surface area contributed by atoms with Gasteiger partial charge in [-0.2, -0.15) is 0 Å². The van der Waals surface area contributed by atoms with Gasteiger partial charge >= 0.3 is 0 Å². The van der Waals surface area contributed by atoms with Gasteiger partial charge < -0.3 is 14.2 Å². The summed E-state index contributed by atoms with van der Waals surface area (Å²) in [7, 11) is 0. The van der Waals surface area contributed by atoms with Crippen molar-refractivity contribution >= 4 is 23.1 Å². The van der Waals surface area contributed by atoms with Crippen molar-refractivity contribution in [2.75, 3.05) is 26.4 Å². The van der Waals surface area contributed by atoms with E-state index in [9.17, 15) is 19.2 Å². The van der Waals surface area contributed by atoms with Crippen LogP contribution in [0.1, 0.15) is 62.3 Å². The molecule has 0 aliphatic rings. The third-order valence-corrected chi connectivity index (χ3v) is 6.12. The van der Waals surface area contributed by atoms with Crippen LogP contribution in [-0.4, -0.2) is 49.6 Å². The lowest BCUT2D eigenvalue weighted by molar-refractivity contribution is -0.123. The molecule has 0 aliphatic heterocycles. The second-order valence-electron chi connectivity index (χ2n) is 9.38. The monoisotopic (exact) mass is 482 g/mol. The van der Waals surface area contributed by atoms with Gasteiger partial charge in [-0.25, -0.2) is 0 Å². The van der Waals surface area contributed by atoms with Crippen LogP contribution in [0.3, 0.4) is 0 Å². The van der Waals surface area contributed by atoms with Crippen LogP contribution >= 0.6 is 0 Å². The van der Waals surface area contributed by atoms with E-state index in [1.807, 2.05) is 0 Å². The van der Waals surface area contributed by atoms with Crippen molar-refractivity contribution in [3.05, 3.63) is 59.7 Å². The third-order valence-electron chi connectivity index (χ3n) is 6.12. The molecule has 0 bridgehead atoms. The van der Waals surface area contributed by atoms with E-state index in [1.165, 1.54) is 13.8 Å². The van der Waals surface area contributed by atoms with Gasteiger partial charge in [-0.3, -0.25) is 19.2 Å². The second-order valence-corrected chi connectivity index (χ2v) is 9.38. The molecule has 0 saturated heterocycles. The van der Waals surface area contributed by atoms with Gasteiger partial charge in [0.25, 0.3) is 0 Å². The van der Waals surface area contributed by atoms with Crippen molar-refractivity contribution in [1.29, 1.82) is 0 Å². The Balaban J connectivity index is 1.69. The van der Waals surface area contributed by atoms with E-state index < -0.39 is 10.8 Å². The largest absolute Gasteiger partial charge is 0.491 e. The summed E-state index contributed by atoms with van der Waals surface area (Å²) in [5, 5.41) is 0. The SMILES string of the molecule is CC(=O)C(C)(C)C(=O)c1ccc(OCCOCCOc2ccc(C(=O)C(C)(C)C(C)=O)cc2)cc1. The smallest absolute Gasteiger partial charge is 0.175 e. The molecule has 0 atom stereocenters. The van der Waals surface area contributed by atoms with Crippen LogP contribution in [0.4, 0.5) is 0 Å². The highest BCUT2D eigenvalue weighted by molar-refractivity contribution is 6.14. The first kappa shape index (κ1) is 27.9. The molecule has 2 rings (SSSR count). The Kier molecular flexibility index (Phi) is 9.48. The molecule has 0 amide bonds. The molecular weight excluding hydrogens is 448 g/mol. The Morgan fingerprint density at radius 3 is 1.17 bits per heavy atom.